The number of hydrogen-bond acceptors (Lipinski definition) is 4. The lowest BCUT2D eigenvalue weighted by Crippen LogP contribution is -2.37. The molecule has 1 aliphatic rings. The van der Waals surface area contributed by atoms with E-state index in [1.54, 1.807) is 0 Å². The Morgan fingerprint density at radius 1 is 1.35 bits per heavy atom. The number of unbranched alkanes of at least 4 members (excludes halogenated alkanes) is 2. The number of terminal acetylenes is 1. The molecule has 0 bridgehead atoms. The topological polar surface area (TPSA) is 57.6 Å². The van der Waals surface area contributed by atoms with Crippen molar-refractivity contribution in [1.29, 1.82) is 0 Å². The maximum atomic E-state index is 11.4. The van der Waals surface area contributed by atoms with Gasteiger partial charge in [0.25, 0.3) is 0 Å². The first-order valence-corrected chi connectivity index (χ1v) is 7.90. The maximum absolute atomic E-state index is 11.4. The van der Waals surface area contributed by atoms with Crippen molar-refractivity contribution in [3.05, 3.63) is 0 Å². The molecule has 1 atom stereocenters. The molecule has 5 heteroatoms. The number of nitrogens with zero attached hydrogens (tertiary/aromatic N) is 1. The van der Waals surface area contributed by atoms with Gasteiger partial charge in [-0.25, -0.2) is 8.42 Å². The second kappa shape index (κ2) is 7.00. The van der Waals surface area contributed by atoms with E-state index in [2.05, 4.69) is 10.8 Å². The Bertz CT molecular complexity index is 358. The average molecular weight is 259 g/mol. The molecule has 1 saturated heterocycles. The molecule has 0 radical (unpaired) electrons. The molecule has 0 aliphatic carbocycles. The highest BCUT2D eigenvalue weighted by molar-refractivity contribution is 7.91. The van der Waals surface area contributed by atoms with Crippen LogP contribution in [0.25, 0.3) is 0 Å². The minimum Gasteiger partial charge on any atom is -0.396 e. The van der Waals surface area contributed by atoms with Gasteiger partial charge in [0.1, 0.15) is 0 Å². The summed E-state index contributed by atoms with van der Waals surface area (Å²) in [6.45, 7) is 1.55. The van der Waals surface area contributed by atoms with Gasteiger partial charge in [-0.1, -0.05) is 5.92 Å². The normalized spacial score (nSPS) is 22.8. The van der Waals surface area contributed by atoms with E-state index in [9.17, 15) is 8.42 Å². The first kappa shape index (κ1) is 14.5. The first-order chi connectivity index (χ1) is 8.09. The summed E-state index contributed by atoms with van der Waals surface area (Å²) in [7, 11) is -2.84. The third-order valence-corrected chi connectivity index (χ3v) is 4.87. The summed E-state index contributed by atoms with van der Waals surface area (Å²) >= 11 is 0. The van der Waals surface area contributed by atoms with Gasteiger partial charge in [-0.2, -0.15) is 0 Å². The predicted molar refractivity (Wildman–Crippen MR) is 68.4 cm³/mol. The van der Waals surface area contributed by atoms with Gasteiger partial charge in [-0.05, 0) is 32.2 Å². The zero-order valence-corrected chi connectivity index (χ0v) is 11.0. The van der Waals surface area contributed by atoms with Gasteiger partial charge in [0.05, 0.1) is 18.1 Å². The monoisotopic (exact) mass is 259 g/mol. The van der Waals surface area contributed by atoms with Crippen LogP contribution in [-0.4, -0.2) is 55.7 Å². The van der Waals surface area contributed by atoms with E-state index >= 15 is 0 Å². The second-order valence-electron chi connectivity index (χ2n) is 4.52. The summed E-state index contributed by atoms with van der Waals surface area (Å²) in [4.78, 5) is 2.09. The van der Waals surface area contributed by atoms with Gasteiger partial charge >= 0.3 is 0 Å². The molecule has 0 aromatic carbocycles. The zero-order valence-electron chi connectivity index (χ0n) is 10.1. The smallest absolute Gasteiger partial charge is 0.151 e. The Morgan fingerprint density at radius 2 is 2.12 bits per heavy atom. The molecular formula is C12H21NO3S. The van der Waals surface area contributed by atoms with Gasteiger partial charge in [0, 0.05) is 12.6 Å². The van der Waals surface area contributed by atoms with Gasteiger partial charge in [-0.15, -0.1) is 6.42 Å². The Kier molecular flexibility index (Phi) is 5.96. The summed E-state index contributed by atoms with van der Waals surface area (Å²) in [5.41, 5.74) is 0. The summed E-state index contributed by atoms with van der Waals surface area (Å²) in [5, 5.41) is 8.69. The molecular weight excluding hydrogens is 238 g/mol. The Hall–Kier alpha value is -0.570. The molecule has 1 unspecified atom stereocenters. The second-order valence-corrected chi connectivity index (χ2v) is 6.74. The third-order valence-electron chi connectivity index (χ3n) is 3.12. The standard InChI is InChI=1S/C12H21NO3S/c1-2-7-13(8-4-3-5-9-14)12-6-10-17(15,16)11-12/h1,12,14H,3-11H2. The predicted octanol–water partition coefficient (Wildman–Crippen LogP) is 0.271. The van der Waals surface area contributed by atoms with Crippen LogP contribution < -0.4 is 0 Å². The minimum absolute atomic E-state index is 0.0881. The largest absolute Gasteiger partial charge is 0.396 e. The highest BCUT2D eigenvalue weighted by Gasteiger charge is 2.31. The molecule has 1 rings (SSSR count). The van der Waals surface area contributed by atoms with Crippen LogP contribution >= 0.6 is 0 Å². The van der Waals surface area contributed by atoms with Crippen LogP contribution in [0.4, 0.5) is 0 Å². The summed E-state index contributed by atoms with van der Waals surface area (Å²) in [5.74, 6) is 3.13. The third kappa shape index (κ3) is 5.07. The molecule has 1 aliphatic heterocycles. The fourth-order valence-corrected chi connectivity index (χ4v) is 3.94. The fraction of sp³-hybridized carbons (Fsp3) is 0.833. The lowest BCUT2D eigenvalue weighted by Gasteiger charge is -2.25. The lowest BCUT2D eigenvalue weighted by molar-refractivity contribution is 0.227. The summed E-state index contributed by atoms with van der Waals surface area (Å²) < 4.78 is 22.8. The van der Waals surface area contributed by atoms with Crippen molar-refractivity contribution >= 4 is 9.84 Å². The first-order valence-electron chi connectivity index (χ1n) is 6.08. The van der Waals surface area contributed by atoms with Crippen LogP contribution in [0.3, 0.4) is 0 Å². The molecule has 0 aromatic rings. The van der Waals surface area contributed by atoms with E-state index in [1.165, 1.54) is 0 Å². The molecule has 1 heterocycles. The Labute approximate surface area is 104 Å². The summed E-state index contributed by atoms with van der Waals surface area (Å²) in [6, 6.07) is 0.0881. The van der Waals surface area contributed by atoms with Gasteiger partial charge in [0.15, 0.2) is 9.84 Å². The van der Waals surface area contributed by atoms with Gasteiger partial charge < -0.3 is 5.11 Å². The average Bonchev–Trinajstić information content (AvgIpc) is 2.63. The Balaban J connectivity index is 2.41. The molecule has 1 fully saturated rings. The number of rotatable bonds is 7. The van der Waals surface area contributed by atoms with Crippen molar-refractivity contribution < 1.29 is 13.5 Å². The van der Waals surface area contributed by atoms with Crippen LogP contribution in [0, 0.1) is 12.3 Å². The highest BCUT2D eigenvalue weighted by atomic mass is 32.2. The number of hydrogen-bond donors (Lipinski definition) is 1. The van der Waals surface area contributed by atoms with E-state index in [1.807, 2.05) is 0 Å². The fourth-order valence-electron chi connectivity index (χ4n) is 2.17. The molecule has 4 nitrogen and oxygen atoms in total. The zero-order chi connectivity index (χ0) is 12.7. The SMILES string of the molecule is C#CCN(CCCCCO)C1CCS(=O)(=O)C1. The van der Waals surface area contributed by atoms with Crippen LogP contribution in [-0.2, 0) is 9.84 Å². The van der Waals surface area contributed by atoms with E-state index < -0.39 is 9.84 Å². The summed E-state index contributed by atoms with van der Waals surface area (Å²) in [6.07, 6.45) is 8.72. The van der Waals surface area contributed by atoms with Crippen molar-refractivity contribution in [3.8, 4) is 12.3 Å². The van der Waals surface area contributed by atoms with Gasteiger partial charge in [0.2, 0.25) is 0 Å². The van der Waals surface area contributed by atoms with Crippen LogP contribution in [0.5, 0.6) is 0 Å². The van der Waals surface area contributed by atoms with Crippen LogP contribution in [0.2, 0.25) is 0 Å². The Morgan fingerprint density at radius 3 is 2.65 bits per heavy atom. The maximum Gasteiger partial charge on any atom is 0.151 e. The minimum atomic E-state index is -2.84. The molecule has 0 saturated carbocycles. The van der Waals surface area contributed by atoms with E-state index in [-0.39, 0.29) is 24.2 Å². The van der Waals surface area contributed by atoms with Crippen molar-refractivity contribution in [2.75, 3.05) is 31.2 Å². The number of sulfone groups is 1. The molecule has 98 valence electrons. The van der Waals surface area contributed by atoms with E-state index in [0.717, 1.165) is 25.8 Å². The van der Waals surface area contributed by atoms with Crippen molar-refractivity contribution in [1.82, 2.24) is 4.90 Å². The molecule has 0 amide bonds. The van der Waals surface area contributed by atoms with Crippen LogP contribution in [0.15, 0.2) is 0 Å². The number of aliphatic hydroxyl groups excluding tert-OH is 1. The van der Waals surface area contributed by atoms with Crippen molar-refractivity contribution in [3.63, 3.8) is 0 Å². The van der Waals surface area contributed by atoms with E-state index in [0.29, 0.717) is 13.0 Å². The van der Waals surface area contributed by atoms with E-state index in [4.69, 9.17) is 11.5 Å². The number of aliphatic hydroxyl groups is 1. The molecule has 0 spiro atoms. The molecule has 17 heavy (non-hydrogen) atoms. The molecule has 1 N–H and O–H groups in total. The highest BCUT2D eigenvalue weighted by Crippen LogP contribution is 2.18. The molecule has 0 aromatic heterocycles. The van der Waals surface area contributed by atoms with Crippen molar-refractivity contribution in [2.45, 2.75) is 31.7 Å². The van der Waals surface area contributed by atoms with Gasteiger partial charge in [-0.3, -0.25) is 4.90 Å². The lowest BCUT2D eigenvalue weighted by atomic mass is 10.2. The quantitative estimate of drug-likeness (QED) is 0.527. The van der Waals surface area contributed by atoms with Crippen LogP contribution in [0.1, 0.15) is 25.7 Å². The van der Waals surface area contributed by atoms with Crippen molar-refractivity contribution in [2.24, 2.45) is 0 Å².